The molecule has 0 fully saturated rings. The first kappa shape index (κ1) is 11.5. The van der Waals surface area contributed by atoms with Crippen molar-refractivity contribution < 1.29 is 9.53 Å². The van der Waals surface area contributed by atoms with E-state index in [1.165, 1.54) is 25.4 Å². The van der Waals surface area contributed by atoms with Gasteiger partial charge < -0.3 is 4.74 Å². The van der Waals surface area contributed by atoms with E-state index in [0.29, 0.717) is 11.5 Å². The third-order valence-electron chi connectivity index (χ3n) is 1.94. The van der Waals surface area contributed by atoms with Gasteiger partial charge in [-0.1, -0.05) is 6.07 Å². The van der Waals surface area contributed by atoms with Crippen molar-refractivity contribution in [3.8, 4) is 0 Å². The molecule has 0 amide bonds. The van der Waals surface area contributed by atoms with Gasteiger partial charge in [0.1, 0.15) is 6.33 Å². The summed E-state index contributed by atoms with van der Waals surface area (Å²) >= 11 is 1.33. The number of nitrogens with one attached hydrogen (secondary N) is 2. The Balaban J connectivity index is 2.03. The number of aromatic nitrogens is 3. The number of aromatic amines is 1. The van der Waals surface area contributed by atoms with Gasteiger partial charge in [0.2, 0.25) is 5.95 Å². The van der Waals surface area contributed by atoms with Gasteiger partial charge in [0.25, 0.3) is 0 Å². The monoisotopic (exact) mass is 250 g/mol. The minimum atomic E-state index is -0.355. The van der Waals surface area contributed by atoms with Crippen molar-refractivity contribution in [3.63, 3.8) is 0 Å². The van der Waals surface area contributed by atoms with Crippen LogP contribution in [0.1, 0.15) is 10.4 Å². The third kappa shape index (κ3) is 2.97. The van der Waals surface area contributed by atoms with Gasteiger partial charge in [-0.15, -0.1) is 0 Å². The molecule has 0 spiro atoms. The molecule has 0 aliphatic carbocycles. The summed E-state index contributed by atoms with van der Waals surface area (Å²) in [6.45, 7) is 0. The summed E-state index contributed by atoms with van der Waals surface area (Å²) in [6, 6.07) is 7.10. The molecule has 7 heteroatoms. The summed E-state index contributed by atoms with van der Waals surface area (Å²) in [5.74, 6) is 0.200. The van der Waals surface area contributed by atoms with E-state index in [1.807, 2.05) is 6.07 Å². The average molecular weight is 250 g/mol. The molecule has 0 aliphatic rings. The van der Waals surface area contributed by atoms with Crippen LogP contribution in [0.4, 0.5) is 5.95 Å². The van der Waals surface area contributed by atoms with Crippen LogP contribution in [-0.2, 0) is 4.74 Å². The molecule has 0 aliphatic heterocycles. The summed E-state index contributed by atoms with van der Waals surface area (Å²) in [7, 11) is 1.36. The molecule has 0 atom stereocenters. The molecule has 0 unspecified atom stereocenters. The maximum atomic E-state index is 11.3. The van der Waals surface area contributed by atoms with E-state index < -0.39 is 0 Å². The Labute approximate surface area is 102 Å². The lowest BCUT2D eigenvalue weighted by molar-refractivity contribution is 0.0600. The summed E-state index contributed by atoms with van der Waals surface area (Å²) in [5.41, 5.74) is 0.511. The number of ether oxygens (including phenoxy) is 1. The van der Waals surface area contributed by atoms with Crippen LogP contribution in [0.3, 0.4) is 0 Å². The normalized spacial score (nSPS) is 9.94. The van der Waals surface area contributed by atoms with Crippen molar-refractivity contribution in [2.45, 2.75) is 4.90 Å². The number of carbonyl (C=O) groups excluding carboxylic acids is 1. The molecule has 0 radical (unpaired) electrons. The number of carbonyl (C=O) groups is 1. The molecule has 2 rings (SSSR count). The number of nitrogens with zero attached hydrogens (tertiary/aromatic N) is 2. The topological polar surface area (TPSA) is 79.9 Å². The quantitative estimate of drug-likeness (QED) is 0.635. The van der Waals surface area contributed by atoms with Crippen molar-refractivity contribution >= 4 is 23.9 Å². The highest BCUT2D eigenvalue weighted by molar-refractivity contribution is 8.00. The predicted octanol–water partition coefficient (Wildman–Crippen LogP) is 1.71. The van der Waals surface area contributed by atoms with Crippen LogP contribution in [0.2, 0.25) is 0 Å². The van der Waals surface area contributed by atoms with E-state index in [-0.39, 0.29) is 5.97 Å². The number of esters is 1. The number of hydrogen-bond acceptors (Lipinski definition) is 6. The van der Waals surface area contributed by atoms with E-state index in [1.54, 1.807) is 18.2 Å². The summed E-state index contributed by atoms with van der Waals surface area (Å²) < 4.78 is 7.60. The number of hydrogen-bond donors (Lipinski definition) is 2. The maximum absolute atomic E-state index is 11.3. The lowest BCUT2D eigenvalue weighted by Crippen LogP contribution is -2.00. The standard InChI is InChI=1S/C10H10N4O2S/c1-16-9(15)7-3-2-4-8(5-7)17-14-10-11-6-12-13-10/h2-6H,1H3,(H2,11,12,13,14). The molecule has 2 aromatic rings. The van der Waals surface area contributed by atoms with Gasteiger partial charge in [0.15, 0.2) is 0 Å². The van der Waals surface area contributed by atoms with E-state index in [0.717, 1.165) is 4.90 Å². The number of anilines is 1. The molecule has 0 saturated carbocycles. The second kappa shape index (κ2) is 5.35. The second-order valence-corrected chi connectivity index (χ2v) is 3.94. The zero-order valence-corrected chi connectivity index (χ0v) is 9.82. The van der Waals surface area contributed by atoms with Crippen LogP contribution in [-0.4, -0.2) is 28.3 Å². The van der Waals surface area contributed by atoms with Gasteiger partial charge >= 0.3 is 5.97 Å². The van der Waals surface area contributed by atoms with Crippen molar-refractivity contribution in [1.29, 1.82) is 0 Å². The molecule has 1 aromatic carbocycles. The molecule has 88 valence electrons. The molecule has 6 nitrogen and oxygen atoms in total. The number of benzene rings is 1. The molecular weight excluding hydrogens is 240 g/mol. The van der Waals surface area contributed by atoms with Crippen LogP contribution < -0.4 is 4.72 Å². The van der Waals surface area contributed by atoms with Gasteiger partial charge in [-0.2, -0.15) is 10.1 Å². The highest BCUT2D eigenvalue weighted by atomic mass is 32.2. The Morgan fingerprint density at radius 3 is 3.12 bits per heavy atom. The molecule has 17 heavy (non-hydrogen) atoms. The first-order valence-corrected chi connectivity index (χ1v) is 5.58. The van der Waals surface area contributed by atoms with Gasteiger partial charge in [0, 0.05) is 4.90 Å². The smallest absolute Gasteiger partial charge is 0.337 e. The van der Waals surface area contributed by atoms with Crippen LogP contribution in [0.15, 0.2) is 35.5 Å². The molecule has 0 bridgehead atoms. The summed E-state index contributed by atoms with van der Waals surface area (Å²) in [4.78, 5) is 16.1. The van der Waals surface area contributed by atoms with Crippen molar-refractivity contribution in [2.24, 2.45) is 0 Å². The lowest BCUT2D eigenvalue weighted by atomic mass is 10.2. The Morgan fingerprint density at radius 2 is 2.41 bits per heavy atom. The van der Waals surface area contributed by atoms with Crippen LogP contribution >= 0.6 is 11.9 Å². The Morgan fingerprint density at radius 1 is 1.53 bits per heavy atom. The molecular formula is C10H10N4O2S. The van der Waals surface area contributed by atoms with Crippen LogP contribution in [0.5, 0.6) is 0 Å². The maximum Gasteiger partial charge on any atom is 0.337 e. The predicted molar refractivity (Wildman–Crippen MR) is 63.6 cm³/mol. The van der Waals surface area contributed by atoms with E-state index in [4.69, 9.17) is 0 Å². The van der Waals surface area contributed by atoms with E-state index in [2.05, 4.69) is 24.6 Å². The minimum Gasteiger partial charge on any atom is -0.465 e. The molecule has 1 heterocycles. The Bertz CT molecular complexity index is 501. The fourth-order valence-electron chi connectivity index (χ4n) is 1.17. The Kier molecular flexibility index (Phi) is 3.61. The zero-order valence-electron chi connectivity index (χ0n) is 9.01. The number of methoxy groups -OCH3 is 1. The largest absolute Gasteiger partial charge is 0.465 e. The number of rotatable bonds is 4. The van der Waals surface area contributed by atoms with E-state index in [9.17, 15) is 4.79 Å². The highest BCUT2D eigenvalue weighted by Crippen LogP contribution is 2.19. The van der Waals surface area contributed by atoms with Gasteiger partial charge in [0.05, 0.1) is 12.7 Å². The molecule has 0 saturated heterocycles. The summed E-state index contributed by atoms with van der Waals surface area (Å²) in [5, 5.41) is 6.38. The second-order valence-electron chi connectivity index (χ2n) is 3.06. The molecule has 1 aromatic heterocycles. The van der Waals surface area contributed by atoms with Crippen molar-refractivity contribution in [3.05, 3.63) is 36.2 Å². The first-order chi connectivity index (χ1) is 8.29. The minimum absolute atomic E-state index is 0.355. The van der Waals surface area contributed by atoms with Gasteiger partial charge in [-0.25, -0.2) is 9.89 Å². The van der Waals surface area contributed by atoms with Crippen molar-refractivity contribution in [2.75, 3.05) is 11.8 Å². The Hall–Kier alpha value is -2.02. The third-order valence-corrected chi connectivity index (χ3v) is 2.72. The van der Waals surface area contributed by atoms with Gasteiger partial charge in [-0.3, -0.25) is 4.72 Å². The zero-order chi connectivity index (χ0) is 12.1. The fraction of sp³-hybridized carbons (Fsp3) is 0.100. The van der Waals surface area contributed by atoms with Crippen LogP contribution in [0.25, 0.3) is 0 Å². The SMILES string of the molecule is COC(=O)c1cccc(SNc2ncn[nH]2)c1. The number of H-pyrrole nitrogens is 1. The van der Waals surface area contributed by atoms with E-state index >= 15 is 0 Å². The fourth-order valence-corrected chi connectivity index (χ4v) is 1.81. The van der Waals surface area contributed by atoms with Crippen LogP contribution in [0, 0.1) is 0 Å². The molecule has 2 N–H and O–H groups in total. The average Bonchev–Trinajstić information content (AvgIpc) is 2.89. The highest BCUT2D eigenvalue weighted by Gasteiger charge is 2.06. The lowest BCUT2D eigenvalue weighted by Gasteiger charge is -2.03. The first-order valence-electron chi connectivity index (χ1n) is 4.76. The van der Waals surface area contributed by atoms with Crippen molar-refractivity contribution in [1.82, 2.24) is 15.2 Å². The summed E-state index contributed by atoms with van der Waals surface area (Å²) in [6.07, 6.45) is 1.41. The van der Waals surface area contributed by atoms with Gasteiger partial charge in [-0.05, 0) is 30.1 Å².